The molecule has 2 bridgehead atoms. The summed E-state index contributed by atoms with van der Waals surface area (Å²) in [6, 6.07) is 0.686. The first kappa shape index (κ1) is 10.3. The van der Waals surface area contributed by atoms with Crippen LogP contribution >= 0.6 is 11.6 Å². The third-order valence-electron chi connectivity index (χ3n) is 3.88. The third-order valence-corrected chi connectivity index (χ3v) is 4.17. The Morgan fingerprint density at radius 2 is 2.38 bits per heavy atom. The number of nitrogens with zero attached hydrogens (tertiary/aromatic N) is 3. The summed E-state index contributed by atoms with van der Waals surface area (Å²) in [5.41, 5.74) is 2.05. The van der Waals surface area contributed by atoms with Crippen LogP contribution in [0.1, 0.15) is 30.5 Å². The Hall–Kier alpha value is -0.830. The molecule has 0 radical (unpaired) electrons. The second-order valence-corrected chi connectivity index (χ2v) is 5.17. The second-order valence-electron chi connectivity index (χ2n) is 4.90. The minimum absolute atomic E-state index is 0.498. The number of hydrogen-bond acceptors (Lipinski definition) is 3. The fraction of sp³-hybridized carbons (Fsp3) is 0.667. The maximum absolute atomic E-state index is 5.81. The Kier molecular flexibility index (Phi) is 2.51. The molecule has 16 heavy (non-hydrogen) atoms. The lowest BCUT2D eigenvalue weighted by Crippen LogP contribution is -2.33. The van der Waals surface area contributed by atoms with Gasteiger partial charge in [-0.1, -0.05) is 0 Å². The number of piperidine rings is 1. The zero-order valence-electron chi connectivity index (χ0n) is 9.49. The van der Waals surface area contributed by atoms with Crippen LogP contribution in [0.5, 0.6) is 0 Å². The first-order valence-electron chi connectivity index (χ1n) is 5.93. The highest BCUT2D eigenvalue weighted by Crippen LogP contribution is 2.38. The van der Waals surface area contributed by atoms with E-state index < -0.39 is 0 Å². The van der Waals surface area contributed by atoms with Gasteiger partial charge in [-0.05, 0) is 32.1 Å². The molecule has 1 aromatic rings. The molecule has 1 aromatic heterocycles. The minimum atomic E-state index is 0.498. The topological polar surface area (TPSA) is 29.0 Å². The Bertz CT molecular complexity index is 407. The molecule has 1 saturated carbocycles. The normalized spacial score (nSPS) is 27.8. The van der Waals surface area contributed by atoms with Gasteiger partial charge in [0.1, 0.15) is 0 Å². The van der Waals surface area contributed by atoms with E-state index in [0.29, 0.717) is 11.9 Å². The third kappa shape index (κ3) is 1.58. The molecule has 2 unspecified atom stereocenters. The number of rotatable bonds is 2. The fourth-order valence-electron chi connectivity index (χ4n) is 2.92. The summed E-state index contributed by atoms with van der Waals surface area (Å²) < 4.78 is 0. The van der Waals surface area contributed by atoms with E-state index in [2.05, 4.69) is 14.9 Å². The van der Waals surface area contributed by atoms with E-state index in [9.17, 15) is 0 Å². The van der Waals surface area contributed by atoms with Gasteiger partial charge in [0.25, 0.3) is 0 Å². The van der Waals surface area contributed by atoms with E-state index in [1.807, 2.05) is 13.1 Å². The van der Waals surface area contributed by atoms with Crippen molar-refractivity contribution in [1.82, 2.24) is 9.97 Å². The molecule has 2 heterocycles. The molecule has 1 aliphatic heterocycles. The highest BCUT2D eigenvalue weighted by atomic mass is 35.5. The molecular weight excluding hydrogens is 222 g/mol. The van der Waals surface area contributed by atoms with Gasteiger partial charge in [-0.3, -0.25) is 0 Å². The molecule has 0 spiro atoms. The van der Waals surface area contributed by atoms with Crippen LogP contribution in [-0.4, -0.2) is 22.6 Å². The summed E-state index contributed by atoms with van der Waals surface area (Å²) in [5, 5.41) is 0. The Labute approximate surface area is 101 Å². The SMILES string of the molecule is Cc1nc(N2CC3CCC2C3)ncc1CCl. The molecule has 2 aliphatic rings. The molecule has 0 aromatic carbocycles. The number of aromatic nitrogens is 2. The Balaban J connectivity index is 1.87. The molecule has 2 fully saturated rings. The number of aryl methyl sites for hydroxylation is 1. The van der Waals surface area contributed by atoms with Crippen molar-refractivity contribution in [3.8, 4) is 0 Å². The van der Waals surface area contributed by atoms with Crippen LogP contribution in [0.15, 0.2) is 6.20 Å². The van der Waals surface area contributed by atoms with Gasteiger partial charge in [0.15, 0.2) is 0 Å². The van der Waals surface area contributed by atoms with E-state index in [-0.39, 0.29) is 0 Å². The van der Waals surface area contributed by atoms with Crippen molar-refractivity contribution < 1.29 is 0 Å². The monoisotopic (exact) mass is 237 g/mol. The van der Waals surface area contributed by atoms with Crippen molar-refractivity contribution in [2.75, 3.05) is 11.4 Å². The molecule has 4 heteroatoms. The van der Waals surface area contributed by atoms with E-state index in [0.717, 1.165) is 29.7 Å². The quantitative estimate of drug-likeness (QED) is 0.741. The van der Waals surface area contributed by atoms with Crippen LogP contribution in [-0.2, 0) is 5.88 Å². The predicted octanol–water partition coefficient (Wildman–Crippen LogP) is 2.51. The molecule has 2 atom stereocenters. The predicted molar refractivity (Wildman–Crippen MR) is 64.8 cm³/mol. The Morgan fingerprint density at radius 3 is 2.94 bits per heavy atom. The smallest absolute Gasteiger partial charge is 0.225 e. The summed E-state index contributed by atoms with van der Waals surface area (Å²) in [7, 11) is 0. The summed E-state index contributed by atoms with van der Waals surface area (Å²) in [4.78, 5) is 11.4. The lowest BCUT2D eigenvalue weighted by Gasteiger charge is -2.27. The first-order chi connectivity index (χ1) is 7.78. The lowest BCUT2D eigenvalue weighted by atomic mass is 10.1. The molecule has 3 rings (SSSR count). The van der Waals surface area contributed by atoms with Crippen molar-refractivity contribution in [1.29, 1.82) is 0 Å². The van der Waals surface area contributed by atoms with Crippen molar-refractivity contribution in [3.05, 3.63) is 17.5 Å². The van der Waals surface area contributed by atoms with E-state index >= 15 is 0 Å². The maximum Gasteiger partial charge on any atom is 0.225 e. The van der Waals surface area contributed by atoms with Gasteiger partial charge in [-0.25, -0.2) is 9.97 Å². The van der Waals surface area contributed by atoms with Gasteiger partial charge in [-0.2, -0.15) is 0 Å². The maximum atomic E-state index is 5.81. The summed E-state index contributed by atoms with van der Waals surface area (Å²) in [6.45, 7) is 3.15. The van der Waals surface area contributed by atoms with Crippen LogP contribution in [0.2, 0.25) is 0 Å². The highest BCUT2D eigenvalue weighted by Gasteiger charge is 2.38. The molecule has 86 valence electrons. The van der Waals surface area contributed by atoms with Crippen molar-refractivity contribution in [2.24, 2.45) is 5.92 Å². The minimum Gasteiger partial charge on any atom is -0.338 e. The zero-order valence-corrected chi connectivity index (χ0v) is 10.2. The summed E-state index contributed by atoms with van der Waals surface area (Å²) in [6.07, 6.45) is 5.90. The van der Waals surface area contributed by atoms with Crippen LogP contribution < -0.4 is 4.90 Å². The molecule has 0 N–H and O–H groups in total. The van der Waals surface area contributed by atoms with Crippen molar-refractivity contribution in [3.63, 3.8) is 0 Å². The summed E-state index contributed by atoms with van der Waals surface area (Å²) in [5.74, 6) is 2.28. The first-order valence-corrected chi connectivity index (χ1v) is 6.46. The van der Waals surface area contributed by atoms with E-state index in [4.69, 9.17) is 11.6 Å². The molecule has 0 amide bonds. The van der Waals surface area contributed by atoms with Gasteiger partial charge in [-0.15, -0.1) is 11.6 Å². The fourth-order valence-corrected chi connectivity index (χ4v) is 3.18. The molecule has 3 nitrogen and oxygen atoms in total. The standard InChI is InChI=1S/C12H16ClN3/c1-8-10(5-13)6-14-12(15-8)16-7-9-2-3-11(16)4-9/h6,9,11H,2-5,7H2,1H3. The van der Waals surface area contributed by atoms with E-state index in [1.54, 1.807) is 0 Å². The summed E-state index contributed by atoms with van der Waals surface area (Å²) >= 11 is 5.81. The van der Waals surface area contributed by atoms with Gasteiger partial charge < -0.3 is 4.90 Å². The Morgan fingerprint density at radius 1 is 1.50 bits per heavy atom. The largest absolute Gasteiger partial charge is 0.338 e. The van der Waals surface area contributed by atoms with Gasteiger partial charge in [0.2, 0.25) is 5.95 Å². The number of alkyl halides is 1. The zero-order chi connectivity index (χ0) is 11.1. The van der Waals surface area contributed by atoms with Crippen LogP contribution in [0, 0.1) is 12.8 Å². The average molecular weight is 238 g/mol. The van der Waals surface area contributed by atoms with Gasteiger partial charge in [0.05, 0.1) is 5.88 Å². The number of halogens is 1. The van der Waals surface area contributed by atoms with Crippen molar-refractivity contribution >= 4 is 17.5 Å². The van der Waals surface area contributed by atoms with Gasteiger partial charge >= 0.3 is 0 Å². The molecule has 1 aliphatic carbocycles. The lowest BCUT2D eigenvalue weighted by molar-refractivity contribution is 0.546. The number of fused-ring (bicyclic) bond motifs is 2. The number of anilines is 1. The average Bonchev–Trinajstić information content (AvgIpc) is 2.90. The highest BCUT2D eigenvalue weighted by molar-refractivity contribution is 6.17. The van der Waals surface area contributed by atoms with Crippen LogP contribution in [0.4, 0.5) is 5.95 Å². The van der Waals surface area contributed by atoms with Crippen LogP contribution in [0.3, 0.4) is 0 Å². The van der Waals surface area contributed by atoms with Crippen LogP contribution in [0.25, 0.3) is 0 Å². The molecular formula is C12H16ClN3. The van der Waals surface area contributed by atoms with Crippen molar-refractivity contribution in [2.45, 2.75) is 38.1 Å². The second kappa shape index (κ2) is 3.88. The number of hydrogen-bond donors (Lipinski definition) is 0. The molecule has 1 saturated heterocycles. The van der Waals surface area contributed by atoms with E-state index in [1.165, 1.54) is 19.3 Å². The van der Waals surface area contributed by atoms with Gasteiger partial charge in [0, 0.05) is 30.0 Å².